The number of aliphatic carboxylic acids is 1. The van der Waals surface area contributed by atoms with E-state index in [-0.39, 0.29) is 5.82 Å². The summed E-state index contributed by atoms with van der Waals surface area (Å²) in [5.41, 5.74) is 1.13. The lowest BCUT2D eigenvalue weighted by Crippen LogP contribution is -2.27. The summed E-state index contributed by atoms with van der Waals surface area (Å²) < 4.78 is 14.0. The van der Waals surface area contributed by atoms with Crippen molar-refractivity contribution in [3.63, 3.8) is 0 Å². The van der Waals surface area contributed by atoms with Crippen molar-refractivity contribution in [2.75, 3.05) is 11.4 Å². The topological polar surface area (TPSA) is 40.5 Å². The van der Waals surface area contributed by atoms with Crippen molar-refractivity contribution < 1.29 is 14.3 Å². The quantitative estimate of drug-likeness (QED) is 0.837. The van der Waals surface area contributed by atoms with Crippen LogP contribution in [0.15, 0.2) is 24.3 Å². The molecule has 1 fully saturated rings. The standard InChI is InChI=1S/C14H16FNO2/c1-10-4-3-9-16(10)14-11(7-8-13(17)18)5-2-6-12(14)15/h2,5-8,10H,3-4,9H2,1H3,(H,17,18)/b8-7+. The van der Waals surface area contributed by atoms with E-state index in [1.54, 1.807) is 12.1 Å². The smallest absolute Gasteiger partial charge is 0.328 e. The molecular formula is C14H16FNO2. The molecule has 96 valence electrons. The number of anilines is 1. The van der Waals surface area contributed by atoms with Crippen molar-refractivity contribution >= 4 is 17.7 Å². The Hall–Kier alpha value is -1.84. The van der Waals surface area contributed by atoms with Gasteiger partial charge in [0.15, 0.2) is 0 Å². The molecule has 1 atom stereocenters. The van der Waals surface area contributed by atoms with Crippen molar-refractivity contribution in [3.05, 3.63) is 35.7 Å². The molecule has 3 nitrogen and oxygen atoms in total. The van der Waals surface area contributed by atoms with Gasteiger partial charge in [0.1, 0.15) is 5.82 Å². The van der Waals surface area contributed by atoms with Gasteiger partial charge in [-0.1, -0.05) is 12.1 Å². The van der Waals surface area contributed by atoms with Crippen LogP contribution < -0.4 is 4.90 Å². The van der Waals surface area contributed by atoms with Gasteiger partial charge in [-0.25, -0.2) is 9.18 Å². The third kappa shape index (κ3) is 2.53. The summed E-state index contributed by atoms with van der Waals surface area (Å²) in [5.74, 6) is -1.32. The zero-order valence-electron chi connectivity index (χ0n) is 10.3. The van der Waals surface area contributed by atoms with Crippen LogP contribution in [-0.4, -0.2) is 23.7 Å². The van der Waals surface area contributed by atoms with Crippen LogP contribution in [0, 0.1) is 5.82 Å². The number of halogens is 1. The molecule has 1 aliphatic heterocycles. The molecule has 18 heavy (non-hydrogen) atoms. The molecule has 1 saturated heterocycles. The number of carbonyl (C=O) groups is 1. The van der Waals surface area contributed by atoms with Gasteiger partial charge in [-0.05, 0) is 31.9 Å². The fourth-order valence-electron chi connectivity index (χ4n) is 2.40. The van der Waals surface area contributed by atoms with Crippen LogP contribution in [0.1, 0.15) is 25.3 Å². The van der Waals surface area contributed by atoms with Crippen LogP contribution in [0.4, 0.5) is 10.1 Å². The van der Waals surface area contributed by atoms with E-state index in [4.69, 9.17) is 5.11 Å². The van der Waals surface area contributed by atoms with Crippen LogP contribution in [0.25, 0.3) is 6.08 Å². The van der Waals surface area contributed by atoms with Gasteiger partial charge in [0.05, 0.1) is 5.69 Å². The maximum Gasteiger partial charge on any atom is 0.328 e. The lowest BCUT2D eigenvalue weighted by Gasteiger charge is -2.26. The molecule has 0 bridgehead atoms. The number of carboxylic acid groups (broad SMARTS) is 1. The number of rotatable bonds is 3. The predicted octanol–water partition coefficient (Wildman–Crippen LogP) is 2.91. The first kappa shape index (κ1) is 12.6. The largest absolute Gasteiger partial charge is 0.478 e. The fraction of sp³-hybridized carbons (Fsp3) is 0.357. The van der Waals surface area contributed by atoms with Gasteiger partial charge in [0.25, 0.3) is 0 Å². The van der Waals surface area contributed by atoms with Crippen LogP contribution >= 0.6 is 0 Å². The SMILES string of the molecule is CC1CCCN1c1c(F)cccc1/C=C/C(=O)O. The highest BCUT2D eigenvalue weighted by molar-refractivity contribution is 5.87. The van der Waals surface area contributed by atoms with Gasteiger partial charge < -0.3 is 10.0 Å². The number of benzene rings is 1. The van der Waals surface area contributed by atoms with Crippen molar-refractivity contribution in [3.8, 4) is 0 Å². The number of hydrogen-bond acceptors (Lipinski definition) is 2. The van der Waals surface area contributed by atoms with Gasteiger partial charge in [-0.3, -0.25) is 0 Å². The first-order chi connectivity index (χ1) is 8.59. The Kier molecular flexibility index (Phi) is 3.65. The van der Waals surface area contributed by atoms with Crippen LogP contribution in [0.2, 0.25) is 0 Å². The van der Waals surface area contributed by atoms with Crippen molar-refractivity contribution in [2.24, 2.45) is 0 Å². The van der Waals surface area contributed by atoms with Crippen LogP contribution in [0.5, 0.6) is 0 Å². The van der Waals surface area contributed by atoms with E-state index in [0.717, 1.165) is 25.5 Å². The lowest BCUT2D eigenvalue weighted by atomic mass is 10.1. The molecule has 0 saturated carbocycles. The molecule has 2 rings (SSSR count). The molecule has 1 aliphatic rings. The Morgan fingerprint density at radius 3 is 2.94 bits per heavy atom. The monoisotopic (exact) mass is 249 g/mol. The number of carboxylic acids is 1. The molecule has 1 N–H and O–H groups in total. The maximum atomic E-state index is 14.0. The molecule has 0 aliphatic carbocycles. The van der Waals surface area contributed by atoms with E-state index in [1.165, 1.54) is 12.1 Å². The Balaban J connectivity index is 2.41. The predicted molar refractivity (Wildman–Crippen MR) is 69.1 cm³/mol. The third-order valence-corrected chi connectivity index (χ3v) is 3.26. The second-order valence-electron chi connectivity index (χ2n) is 4.53. The van der Waals surface area contributed by atoms with E-state index in [9.17, 15) is 9.18 Å². The lowest BCUT2D eigenvalue weighted by molar-refractivity contribution is -0.131. The summed E-state index contributed by atoms with van der Waals surface area (Å²) >= 11 is 0. The van der Waals surface area contributed by atoms with Crippen LogP contribution in [0.3, 0.4) is 0 Å². The molecule has 1 heterocycles. The number of hydrogen-bond donors (Lipinski definition) is 1. The highest BCUT2D eigenvalue weighted by Gasteiger charge is 2.24. The average Bonchev–Trinajstić information content (AvgIpc) is 2.72. The van der Waals surface area contributed by atoms with Crippen LogP contribution in [-0.2, 0) is 4.79 Å². The van der Waals surface area contributed by atoms with Gasteiger partial charge >= 0.3 is 5.97 Å². The summed E-state index contributed by atoms with van der Waals surface area (Å²) in [5, 5.41) is 8.66. The van der Waals surface area contributed by atoms with Crippen molar-refractivity contribution in [2.45, 2.75) is 25.8 Å². The summed E-state index contributed by atoms with van der Waals surface area (Å²) in [7, 11) is 0. The summed E-state index contributed by atoms with van der Waals surface area (Å²) in [4.78, 5) is 12.6. The Labute approximate surface area is 106 Å². The summed E-state index contributed by atoms with van der Waals surface area (Å²) in [6, 6.07) is 5.04. The second-order valence-corrected chi connectivity index (χ2v) is 4.53. The average molecular weight is 249 g/mol. The molecule has 0 aromatic heterocycles. The molecule has 1 aromatic carbocycles. The Bertz CT molecular complexity index is 485. The van der Waals surface area contributed by atoms with E-state index >= 15 is 0 Å². The van der Waals surface area contributed by atoms with E-state index in [0.29, 0.717) is 17.3 Å². The minimum absolute atomic E-state index is 0.291. The highest BCUT2D eigenvalue weighted by atomic mass is 19.1. The van der Waals surface area contributed by atoms with Gasteiger partial charge in [-0.2, -0.15) is 0 Å². The first-order valence-corrected chi connectivity index (χ1v) is 6.06. The molecule has 0 spiro atoms. The van der Waals surface area contributed by atoms with E-state index in [1.807, 2.05) is 4.90 Å². The van der Waals surface area contributed by atoms with Gasteiger partial charge in [-0.15, -0.1) is 0 Å². The fourth-order valence-corrected chi connectivity index (χ4v) is 2.40. The molecule has 0 radical (unpaired) electrons. The number of nitrogens with zero attached hydrogens (tertiary/aromatic N) is 1. The Morgan fingerprint density at radius 2 is 2.33 bits per heavy atom. The maximum absolute atomic E-state index is 14.0. The number of para-hydroxylation sites is 1. The zero-order valence-corrected chi connectivity index (χ0v) is 10.3. The van der Waals surface area contributed by atoms with E-state index in [2.05, 4.69) is 6.92 Å². The highest BCUT2D eigenvalue weighted by Crippen LogP contribution is 2.31. The second kappa shape index (κ2) is 5.21. The molecule has 1 unspecified atom stereocenters. The third-order valence-electron chi connectivity index (χ3n) is 3.26. The molecular weight excluding hydrogens is 233 g/mol. The van der Waals surface area contributed by atoms with Gasteiger partial charge in [0, 0.05) is 24.2 Å². The minimum atomic E-state index is -1.03. The van der Waals surface area contributed by atoms with Crippen molar-refractivity contribution in [1.29, 1.82) is 0 Å². The zero-order chi connectivity index (χ0) is 13.1. The van der Waals surface area contributed by atoms with Gasteiger partial charge in [0.2, 0.25) is 0 Å². The normalized spacial score (nSPS) is 19.7. The Morgan fingerprint density at radius 1 is 1.56 bits per heavy atom. The summed E-state index contributed by atoms with van der Waals surface area (Å²) in [6.07, 6.45) is 4.57. The van der Waals surface area contributed by atoms with E-state index < -0.39 is 5.97 Å². The molecule has 4 heteroatoms. The molecule has 0 amide bonds. The minimum Gasteiger partial charge on any atom is -0.478 e. The molecule has 1 aromatic rings. The first-order valence-electron chi connectivity index (χ1n) is 6.06. The van der Waals surface area contributed by atoms with Crippen molar-refractivity contribution in [1.82, 2.24) is 0 Å². The summed E-state index contributed by atoms with van der Waals surface area (Å²) in [6.45, 7) is 2.88.